The van der Waals surface area contributed by atoms with Gasteiger partial charge >= 0.3 is 0 Å². The summed E-state index contributed by atoms with van der Waals surface area (Å²) in [5, 5.41) is 5.71. The quantitative estimate of drug-likeness (QED) is 0.678. The van der Waals surface area contributed by atoms with Crippen LogP contribution in [0.15, 0.2) is 6.33 Å². The van der Waals surface area contributed by atoms with Crippen LogP contribution in [0.5, 0.6) is 5.88 Å². The summed E-state index contributed by atoms with van der Waals surface area (Å²) in [6, 6.07) is -0.432. The van der Waals surface area contributed by atoms with Gasteiger partial charge in [0.15, 0.2) is 5.82 Å². The van der Waals surface area contributed by atoms with Crippen molar-refractivity contribution in [2.45, 2.75) is 26.3 Å². The number of carbonyl (C=O) groups excluding carboxylic acids is 1. The van der Waals surface area contributed by atoms with E-state index in [4.69, 9.17) is 10.5 Å². The molecule has 4 N–H and O–H groups in total. The minimum absolute atomic E-state index is 0.103. The van der Waals surface area contributed by atoms with E-state index in [1.807, 2.05) is 6.92 Å². The first-order valence-electron chi connectivity index (χ1n) is 5.78. The third-order valence-corrected chi connectivity index (χ3v) is 2.34. The minimum Gasteiger partial charge on any atom is -0.479 e. The van der Waals surface area contributed by atoms with Crippen LogP contribution in [0.4, 0.5) is 11.5 Å². The average molecular weight is 253 g/mol. The van der Waals surface area contributed by atoms with Crippen molar-refractivity contribution in [3.8, 4) is 5.88 Å². The Labute approximate surface area is 106 Å². The summed E-state index contributed by atoms with van der Waals surface area (Å²) in [7, 11) is 1.47. The second kappa shape index (κ2) is 6.63. The lowest BCUT2D eigenvalue weighted by Crippen LogP contribution is -2.38. The molecule has 0 spiro atoms. The zero-order valence-corrected chi connectivity index (χ0v) is 10.9. The number of nitrogens with one attached hydrogen (secondary N) is 2. The van der Waals surface area contributed by atoms with Crippen LogP contribution in [0.1, 0.15) is 20.3 Å². The van der Waals surface area contributed by atoms with Crippen molar-refractivity contribution < 1.29 is 9.53 Å². The predicted octanol–water partition coefficient (Wildman–Crippen LogP) is 0.394. The summed E-state index contributed by atoms with van der Waals surface area (Å²) >= 11 is 0. The molecule has 0 aliphatic carbocycles. The van der Waals surface area contributed by atoms with Crippen molar-refractivity contribution in [3.63, 3.8) is 0 Å². The van der Waals surface area contributed by atoms with E-state index >= 15 is 0 Å². The van der Waals surface area contributed by atoms with Crippen LogP contribution < -0.4 is 21.1 Å². The number of ether oxygens (including phenoxy) is 1. The third-order valence-electron chi connectivity index (χ3n) is 2.34. The normalized spacial score (nSPS) is 11.7. The van der Waals surface area contributed by atoms with Gasteiger partial charge in [0.25, 0.3) is 0 Å². The Hall–Kier alpha value is -2.05. The van der Waals surface area contributed by atoms with E-state index in [0.29, 0.717) is 12.4 Å². The van der Waals surface area contributed by atoms with Crippen LogP contribution in [-0.4, -0.2) is 35.6 Å². The number of aromatic nitrogens is 2. The first-order chi connectivity index (χ1) is 8.60. The molecule has 0 aliphatic rings. The Kier molecular flexibility index (Phi) is 5.16. The third kappa shape index (κ3) is 3.47. The van der Waals surface area contributed by atoms with Gasteiger partial charge in [-0.05, 0) is 13.3 Å². The summed E-state index contributed by atoms with van der Waals surface area (Å²) in [6.45, 7) is 4.37. The van der Waals surface area contributed by atoms with Crippen LogP contribution in [0, 0.1) is 0 Å². The number of carbonyl (C=O) groups is 1. The maximum atomic E-state index is 11.7. The van der Waals surface area contributed by atoms with Crippen LogP contribution >= 0.6 is 0 Å². The molecule has 1 rings (SSSR count). The number of amides is 1. The largest absolute Gasteiger partial charge is 0.479 e. The highest BCUT2D eigenvalue weighted by Crippen LogP contribution is 2.24. The monoisotopic (exact) mass is 253 g/mol. The molecule has 1 amide bonds. The fraction of sp³-hybridized carbons (Fsp3) is 0.545. The predicted molar refractivity (Wildman–Crippen MR) is 69.4 cm³/mol. The van der Waals surface area contributed by atoms with Crippen molar-refractivity contribution in [2.75, 3.05) is 24.7 Å². The van der Waals surface area contributed by atoms with E-state index < -0.39 is 6.04 Å². The summed E-state index contributed by atoms with van der Waals surface area (Å²) in [4.78, 5) is 19.5. The number of hydrogen-bond acceptors (Lipinski definition) is 6. The maximum Gasteiger partial charge on any atom is 0.242 e. The molecule has 0 bridgehead atoms. The molecule has 1 aromatic heterocycles. The van der Waals surface area contributed by atoms with E-state index in [1.54, 1.807) is 6.92 Å². The number of hydrogen-bond donors (Lipinski definition) is 3. The first-order valence-corrected chi connectivity index (χ1v) is 5.78. The molecule has 18 heavy (non-hydrogen) atoms. The van der Waals surface area contributed by atoms with Gasteiger partial charge in [-0.15, -0.1) is 0 Å². The van der Waals surface area contributed by atoms with Gasteiger partial charge in [0.05, 0.1) is 7.11 Å². The van der Waals surface area contributed by atoms with Gasteiger partial charge in [0.2, 0.25) is 11.8 Å². The molecule has 0 radical (unpaired) electrons. The highest BCUT2D eigenvalue weighted by Gasteiger charge is 2.15. The molecular formula is C11H19N5O2. The Morgan fingerprint density at radius 1 is 1.56 bits per heavy atom. The van der Waals surface area contributed by atoms with Crippen molar-refractivity contribution in [1.29, 1.82) is 0 Å². The SMILES string of the molecule is CCCNC(=O)C(C)Nc1ncnc(OC)c1N. The van der Waals surface area contributed by atoms with Crippen LogP contribution in [0.25, 0.3) is 0 Å². The van der Waals surface area contributed by atoms with Gasteiger partial charge in [-0.2, -0.15) is 4.98 Å². The van der Waals surface area contributed by atoms with E-state index in [1.165, 1.54) is 13.4 Å². The van der Waals surface area contributed by atoms with Gasteiger partial charge in [0.1, 0.15) is 18.1 Å². The zero-order chi connectivity index (χ0) is 13.5. The standard InChI is InChI=1S/C11H19N5O2/c1-4-5-13-10(17)7(2)16-9-8(12)11(18-3)15-6-14-9/h6-7H,4-5,12H2,1-3H3,(H,13,17)(H,14,15,16). The second-order valence-corrected chi connectivity index (χ2v) is 3.80. The topological polar surface area (TPSA) is 102 Å². The molecule has 7 nitrogen and oxygen atoms in total. The van der Waals surface area contributed by atoms with Gasteiger partial charge in [-0.1, -0.05) is 6.92 Å². The first kappa shape index (κ1) is 14.0. The number of anilines is 2. The van der Waals surface area contributed by atoms with Crippen LogP contribution in [0.3, 0.4) is 0 Å². The highest BCUT2D eigenvalue weighted by molar-refractivity contribution is 5.85. The van der Waals surface area contributed by atoms with Crippen LogP contribution in [0.2, 0.25) is 0 Å². The van der Waals surface area contributed by atoms with E-state index in [0.717, 1.165) is 6.42 Å². The number of nitrogens with zero attached hydrogens (tertiary/aromatic N) is 2. The lowest BCUT2D eigenvalue weighted by atomic mass is 10.3. The van der Waals surface area contributed by atoms with E-state index in [2.05, 4.69) is 20.6 Å². The molecule has 0 saturated carbocycles. The summed E-state index contributed by atoms with van der Waals surface area (Å²) in [5.74, 6) is 0.573. The van der Waals surface area contributed by atoms with E-state index in [-0.39, 0.29) is 17.5 Å². The fourth-order valence-electron chi connectivity index (χ4n) is 1.33. The van der Waals surface area contributed by atoms with Crippen molar-refractivity contribution in [1.82, 2.24) is 15.3 Å². The molecular weight excluding hydrogens is 234 g/mol. The lowest BCUT2D eigenvalue weighted by molar-refractivity contribution is -0.121. The summed E-state index contributed by atoms with van der Waals surface area (Å²) in [6.07, 6.45) is 2.22. The summed E-state index contributed by atoms with van der Waals surface area (Å²) in [5.41, 5.74) is 6.09. The molecule has 0 aliphatic heterocycles. The number of rotatable bonds is 6. The highest BCUT2D eigenvalue weighted by atomic mass is 16.5. The van der Waals surface area contributed by atoms with Crippen molar-refractivity contribution in [3.05, 3.63) is 6.33 Å². The van der Waals surface area contributed by atoms with E-state index in [9.17, 15) is 4.79 Å². The average Bonchev–Trinajstić information content (AvgIpc) is 2.38. The Balaban J connectivity index is 2.69. The smallest absolute Gasteiger partial charge is 0.242 e. The van der Waals surface area contributed by atoms with Crippen molar-refractivity contribution in [2.24, 2.45) is 0 Å². The maximum absolute atomic E-state index is 11.7. The van der Waals surface area contributed by atoms with Gasteiger partial charge < -0.3 is 21.1 Å². The number of methoxy groups -OCH3 is 1. The van der Waals surface area contributed by atoms with Gasteiger partial charge in [0, 0.05) is 6.54 Å². The lowest BCUT2D eigenvalue weighted by Gasteiger charge is -2.16. The molecule has 0 fully saturated rings. The number of nitrogens with two attached hydrogens (primary N) is 1. The molecule has 0 saturated heterocycles. The summed E-state index contributed by atoms with van der Waals surface area (Å²) < 4.78 is 4.98. The fourth-order valence-corrected chi connectivity index (χ4v) is 1.33. The van der Waals surface area contributed by atoms with Gasteiger partial charge in [-0.25, -0.2) is 4.98 Å². The molecule has 1 atom stereocenters. The zero-order valence-electron chi connectivity index (χ0n) is 10.9. The minimum atomic E-state index is -0.432. The second-order valence-electron chi connectivity index (χ2n) is 3.80. The Morgan fingerprint density at radius 3 is 2.89 bits per heavy atom. The molecule has 7 heteroatoms. The molecule has 1 heterocycles. The molecule has 1 unspecified atom stereocenters. The molecule has 0 aromatic carbocycles. The van der Waals surface area contributed by atoms with Gasteiger partial charge in [-0.3, -0.25) is 4.79 Å². The Bertz CT molecular complexity index is 410. The molecule has 1 aromatic rings. The molecule has 100 valence electrons. The van der Waals surface area contributed by atoms with Crippen LogP contribution in [-0.2, 0) is 4.79 Å². The van der Waals surface area contributed by atoms with Crippen molar-refractivity contribution >= 4 is 17.4 Å². The number of nitrogen functional groups attached to an aromatic ring is 1. The Morgan fingerprint density at radius 2 is 2.28 bits per heavy atom.